The molecule has 4 nitrogen and oxygen atoms in total. The van der Waals surface area contributed by atoms with E-state index in [4.69, 9.17) is 5.11 Å². The first kappa shape index (κ1) is 13.6. The van der Waals surface area contributed by atoms with Crippen LogP contribution in [0.2, 0.25) is 0 Å². The van der Waals surface area contributed by atoms with Crippen molar-refractivity contribution in [1.82, 2.24) is 9.47 Å². The first-order chi connectivity index (χ1) is 9.04. The number of aliphatic hydroxyl groups excluding tert-OH is 1. The molecule has 2 rings (SSSR count). The van der Waals surface area contributed by atoms with Crippen molar-refractivity contribution in [2.24, 2.45) is 0 Å². The van der Waals surface area contributed by atoms with Crippen molar-refractivity contribution in [3.8, 4) is 0 Å². The fourth-order valence-corrected chi connectivity index (χ4v) is 2.17. The molecule has 0 saturated heterocycles. The Morgan fingerprint density at radius 1 is 1.42 bits per heavy atom. The van der Waals surface area contributed by atoms with Crippen LogP contribution in [0.3, 0.4) is 0 Å². The van der Waals surface area contributed by atoms with E-state index in [1.54, 1.807) is 11.9 Å². The molecule has 0 aliphatic rings. The van der Waals surface area contributed by atoms with Gasteiger partial charge in [0.05, 0.1) is 12.6 Å². The highest BCUT2D eigenvalue weighted by Crippen LogP contribution is 2.19. The molecule has 1 aromatic heterocycles. The molecule has 1 heterocycles. The number of fused-ring (bicyclic) bond motifs is 1. The summed E-state index contributed by atoms with van der Waals surface area (Å²) in [5.74, 6) is 0.00556. The van der Waals surface area contributed by atoms with Gasteiger partial charge in [-0.25, -0.2) is 0 Å². The van der Waals surface area contributed by atoms with E-state index in [1.165, 1.54) is 0 Å². The molecule has 1 N–H and O–H groups in total. The molecule has 0 fully saturated rings. The molecular weight excluding hydrogens is 240 g/mol. The first-order valence-electron chi connectivity index (χ1n) is 6.46. The quantitative estimate of drug-likeness (QED) is 0.911. The van der Waals surface area contributed by atoms with Crippen LogP contribution < -0.4 is 0 Å². The van der Waals surface area contributed by atoms with Crippen molar-refractivity contribution in [3.05, 3.63) is 36.0 Å². The van der Waals surface area contributed by atoms with E-state index in [2.05, 4.69) is 6.07 Å². The van der Waals surface area contributed by atoms with Crippen LogP contribution in [0.15, 0.2) is 30.3 Å². The van der Waals surface area contributed by atoms with Gasteiger partial charge < -0.3 is 14.6 Å². The standard InChI is InChI=1S/C15H20N2O2/c1-11-8-13-6-4-5-7-14(13)17(11)9-15(19)16(3)12(2)10-18/h4-8,12,18H,9-10H2,1-3H3. The Balaban J connectivity index is 2.26. The number of aromatic nitrogens is 1. The second kappa shape index (κ2) is 5.45. The Kier molecular flexibility index (Phi) is 3.90. The largest absolute Gasteiger partial charge is 0.394 e. The van der Waals surface area contributed by atoms with E-state index in [0.29, 0.717) is 6.54 Å². The summed E-state index contributed by atoms with van der Waals surface area (Å²) in [4.78, 5) is 13.8. The number of aliphatic hydroxyl groups is 1. The molecule has 0 aliphatic heterocycles. The summed E-state index contributed by atoms with van der Waals surface area (Å²) in [6.45, 7) is 4.12. The van der Waals surface area contributed by atoms with Crippen molar-refractivity contribution in [1.29, 1.82) is 0 Å². The summed E-state index contributed by atoms with van der Waals surface area (Å²) in [6, 6.07) is 9.96. The van der Waals surface area contributed by atoms with Gasteiger partial charge in [-0.2, -0.15) is 0 Å². The van der Waals surface area contributed by atoms with Crippen molar-refractivity contribution < 1.29 is 9.90 Å². The van der Waals surface area contributed by atoms with Gasteiger partial charge in [-0.3, -0.25) is 4.79 Å². The van der Waals surface area contributed by atoms with Crippen LogP contribution in [0, 0.1) is 6.92 Å². The van der Waals surface area contributed by atoms with Gasteiger partial charge in [-0.05, 0) is 31.4 Å². The Labute approximate surface area is 113 Å². The number of carbonyl (C=O) groups excluding carboxylic acids is 1. The first-order valence-corrected chi connectivity index (χ1v) is 6.46. The Morgan fingerprint density at radius 2 is 2.11 bits per heavy atom. The van der Waals surface area contributed by atoms with Crippen molar-refractivity contribution >= 4 is 16.8 Å². The molecular formula is C15H20N2O2. The number of hydrogen-bond acceptors (Lipinski definition) is 2. The van der Waals surface area contributed by atoms with Gasteiger partial charge in [-0.1, -0.05) is 18.2 Å². The Bertz CT molecular complexity index is 589. The number of amides is 1. The van der Waals surface area contributed by atoms with Gasteiger partial charge in [0.15, 0.2) is 0 Å². The topological polar surface area (TPSA) is 45.5 Å². The third-order valence-electron chi connectivity index (χ3n) is 3.63. The summed E-state index contributed by atoms with van der Waals surface area (Å²) in [7, 11) is 1.73. The number of para-hydroxylation sites is 1. The van der Waals surface area contributed by atoms with E-state index in [1.807, 2.05) is 42.7 Å². The number of benzene rings is 1. The van der Waals surface area contributed by atoms with Crippen LogP contribution in [0.25, 0.3) is 10.9 Å². The molecule has 0 saturated carbocycles. The normalized spacial score (nSPS) is 12.6. The van der Waals surface area contributed by atoms with Crippen LogP contribution in [0.4, 0.5) is 0 Å². The van der Waals surface area contributed by atoms with Gasteiger partial charge in [0.1, 0.15) is 6.54 Å². The zero-order valence-electron chi connectivity index (χ0n) is 11.6. The molecule has 1 amide bonds. The van der Waals surface area contributed by atoms with E-state index >= 15 is 0 Å². The minimum atomic E-state index is -0.158. The maximum Gasteiger partial charge on any atom is 0.242 e. The van der Waals surface area contributed by atoms with Gasteiger partial charge in [0, 0.05) is 18.3 Å². The summed E-state index contributed by atoms with van der Waals surface area (Å²) >= 11 is 0. The molecule has 4 heteroatoms. The number of rotatable bonds is 4. The third-order valence-corrected chi connectivity index (χ3v) is 3.63. The van der Waals surface area contributed by atoms with E-state index in [-0.39, 0.29) is 18.6 Å². The van der Waals surface area contributed by atoms with Gasteiger partial charge in [0.2, 0.25) is 5.91 Å². The molecule has 1 atom stereocenters. The third kappa shape index (κ3) is 2.63. The highest BCUT2D eigenvalue weighted by atomic mass is 16.3. The zero-order chi connectivity index (χ0) is 14.0. The highest BCUT2D eigenvalue weighted by Gasteiger charge is 2.16. The maximum atomic E-state index is 12.2. The predicted octanol–water partition coefficient (Wildman–Crippen LogP) is 1.79. The molecule has 19 heavy (non-hydrogen) atoms. The minimum absolute atomic E-state index is 0.00556. The monoisotopic (exact) mass is 260 g/mol. The summed E-state index contributed by atoms with van der Waals surface area (Å²) < 4.78 is 2.01. The second-order valence-electron chi connectivity index (χ2n) is 4.97. The molecule has 1 aromatic carbocycles. The average Bonchev–Trinajstić information content (AvgIpc) is 2.73. The van der Waals surface area contributed by atoms with Crippen molar-refractivity contribution in [3.63, 3.8) is 0 Å². The van der Waals surface area contributed by atoms with Crippen LogP contribution in [0.5, 0.6) is 0 Å². The SMILES string of the molecule is Cc1cc2ccccc2n1CC(=O)N(C)C(C)CO. The van der Waals surface area contributed by atoms with Crippen molar-refractivity contribution in [2.75, 3.05) is 13.7 Å². The molecule has 2 aromatic rings. The van der Waals surface area contributed by atoms with E-state index in [0.717, 1.165) is 16.6 Å². The predicted molar refractivity (Wildman–Crippen MR) is 76.0 cm³/mol. The molecule has 102 valence electrons. The number of hydrogen-bond donors (Lipinski definition) is 1. The van der Waals surface area contributed by atoms with E-state index < -0.39 is 0 Å². The van der Waals surface area contributed by atoms with Gasteiger partial charge >= 0.3 is 0 Å². The molecule has 0 radical (unpaired) electrons. The van der Waals surface area contributed by atoms with Crippen LogP contribution in [-0.2, 0) is 11.3 Å². The van der Waals surface area contributed by atoms with Crippen LogP contribution >= 0.6 is 0 Å². The Hall–Kier alpha value is -1.81. The lowest BCUT2D eigenvalue weighted by molar-refractivity contribution is -0.133. The van der Waals surface area contributed by atoms with Crippen molar-refractivity contribution in [2.45, 2.75) is 26.4 Å². The van der Waals surface area contributed by atoms with Gasteiger partial charge in [0.25, 0.3) is 0 Å². The molecule has 0 bridgehead atoms. The van der Waals surface area contributed by atoms with Crippen LogP contribution in [-0.4, -0.2) is 40.2 Å². The molecule has 1 unspecified atom stereocenters. The summed E-state index contributed by atoms with van der Waals surface area (Å²) in [6.07, 6.45) is 0. The minimum Gasteiger partial charge on any atom is -0.394 e. The maximum absolute atomic E-state index is 12.2. The number of aryl methyl sites for hydroxylation is 1. The zero-order valence-corrected chi connectivity index (χ0v) is 11.6. The number of nitrogens with zero attached hydrogens (tertiary/aromatic N) is 2. The highest BCUT2D eigenvalue weighted by molar-refractivity contribution is 5.84. The lowest BCUT2D eigenvalue weighted by Gasteiger charge is -2.24. The number of likely N-dealkylation sites (N-methyl/N-ethyl adjacent to an activating group) is 1. The summed E-state index contributed by atoms with van der Waals surface area (Å²) in [5.41, 5.74) is 2.14. The molecule has 0 spiro atoms. The number of carbonyl (C=O) groups is 1. The second-order valence-corrected chi connectivity index (χ2v) is 4.97. The van der Waals surface area contributed by atoms with Gasteiger partial charge in [-0.15, -0.1) is 0 Å². The Morgan fingerprint density at radius 3 is 2.79 bits per heavy atom. The smallest absolute Gasteiger partial charge is 0.242 e. The average molecular weight is 260 g/mol. The fourth-order valence-electron chi connectivity index (χ4n) is 2.17. The summed E-state index contributed by atoms with van der Waals surface area (Å²) in [5, 5.41) is 10.2. The van der Waals surface area contributed by atoms with E-state index in [9.17, 15) is 4.79 Å². The van der Waals surface area contributed by atoms with Crippen LogP contribution in [0.1, 0.15) is 12.6 Å². The molecule has 0 aliphatic carbocycles. The lowest BCUT2D eigenvalue weighted by atomic mass is 10.2. The fraction of sp³-hybridized carbons (Fsp3) is 0.400. The lowest BCUT2D eigenvalue weighted by Crippen LogP contribution is -2.39.